The van der Waals surface area contributed by atoms with Gasteiger partial charge in [0, 0.05) is 17.1 Å². The molecule has 0 aromatic carbocycles. The Morgan fingerprint density at radius 3 is 0.529 bits per heavy atom. The van der Waals surface area contributed by atoms with Crippen LogP contribution in [0.5, 0.6) is 0 Å². The molecule has 0 aliphatic carbocycles. The molecule has 17 heavy (non-hydrogen) atoms. The van der Waals surface area contributed by atoms with E-state index in [-0.39, 0.29) is 87.1 Å². The van der Waals surface area contributed by atoms with Gasteiger partial charge < -0.3 is 21.5 Å². The fourth-order valence-corrected chi connectivity index (χ4v) is 0. The number of rotatable bonds is 0. The van der Waals surface area contributed by atoms with Gasteiger partial charge in [0.1, 0.15) is 0 Å². The van der Waals surface area contributed by atoms with Crippen molar-refractivity contribution in [3.63, 3.8) is 0 Å². The fourth-order valence-electron chi connectivity index (χ4n) is 0. The van der Waals surface area contributed by atoms with Crippen LogP contribution in [-0.2, 0) is 17.1 Å². The predicted octanol–water partition coefficient (Wildman–Crippen LogP) is -6.84. The van der Waals surface area contributed by atoms with Gasteiger partial charge in [-0.15, -0.1) is 0 Å². The first-order chi connectivity index (χ1) is 6.00. The summed E-state index contributed by atoms with van der Waals surface area (Å²) in [6.45, 7) is 23.8. The molecule has 4 N–H and O–H groups in total. The fraction of sp³-hybridized carbons (Fsp3) is 0. The number of hydrogen-bond donors (Lipinski definition) is 0. The molecule has 0 bridgehead atoms. The van der Waals surface area contributed by atoms with Gasteiger partial charge in [0.25, 0.3) is 0 Å². The largest absolute Gasteiger partial charge is 1.00 e. The van der Waals surface area contributed by atoms with Gasteiger partial charge in [0.15, 0.2) is 32.9 Å². The van der Waals surface area contributed by atoms with E-state index in [0.717, 1.165) is 0 Å². The van der Waals surface area contributed by atoms with Gasteiger partial charge in [-0.05, 0) is 0 Å². The quantitative estimate of drug-likeness (QED) is 0.394. The summed E-state index contributed by atoms with van der Waals surface area (Å²) in [5.41, 5.74) is 5.75. The summed E-state index contributed by atoms with van der Waals surface area (Å²) >= 11 is 0. The van der Waals surface area contributed by atoms with E-state index in [2.05, 4.69) is 0 Å². The van der Waals surface area contributed by atoms with Crippen LogP contribution in [0.1, 0.15) is 0 Å². The molecule has 9 nitrogen and oxygen atoms in total. The molecular weight excluding hydrogens is 294 g/mol. The van der Waals surface area contributed by atoms with Crippen LogP contribution >= 0.6 is 0 Å². The molecule has 0 unspecified atom stereocenters. The molecule has 0 spiro atoms. The molecule has 0 amide bonds. The SMILES string of the molecule is O.O.[C]#N.[C]#N.[C]#N.[C]#N.[C]#N.[Fe].[N-]=O.[Na+].[Na+]. The molecule has 0 saturated heterocycles. The third-order valence-corrected chi connectivity index (χ3v) is 0. The molecule has 5 radical (unpaired) electrons. The van der Waals surface area contributed by atoms with Crippen molar-refractivity contribution in [1.29, 1.82) is 26.3 Å². The summed E-state index contributed by atoms with van der Waals surface area (Å²) in [7, 11) is 0. The second-order valence-corrected chi connectivity index (χ2v) is 0. The van der Waals surface area contributed by atoms with Crippen molar-refractivity contribution in [3.8, 4) is 0 Å². The van der Waals surface area contributed by atoms with Gasteiger partial charge in [-0.2, -0.15) is 26.3 Å². The third kappa shape index (κ3) is 10800. The van der Waals surface area contributed by atoms with Crippen molar-refractivity contribution in [2.45, 2.75) is 0 Å². The molecule has 0 fully saturated rings. The average Bonchev–Trinajstić information content (AvgIpc) is 2.33. The zero-order valence-corrected chi connectivity index (χ0v) is 14.0. The van der Waals surface area contributed by atoms with Gasteiger partial charge in [-0.3, -0.25) is 0 Å². The van der Waals surface area contributed by atoms with E-state index in [9.17, 15) is 0 Å². The minimum Gasteiger partial charge on any atom is -0.577 e. The van der Waals surface area contributed by atoms with E-state index in [1.54, 1.807) is 0 Å². The van der Waals surface area contributed by atoms with E-state index in [0.29, 0.717) is 0 Å². The molecule has 0 rings (SSSR count). The standard InChI is InChI=1S/5CN.Fe.NO.2Na.2H2O/c5*1-2;;1-2;;;;/h;;;;;;;;;2*1H2/q;;;;;;-1;2*+1;;. The smallest absolute Gasteiger partial charge is 0.577 e. The van der Waals surface area contributed by atoms with Crippen molar-refractivity contribution < 1.29 is 87.1 Å². The van der Waals surface area contributed by atoms with E-state index in [1.165, 1.54) is 0 Å². The van der Waals surface area contributed by atoms with Crippen molar-refractivity contribution in [2.75, 3.05) is 0 Å². The summed E-state index contributed by atoms with van der Waals surface area (Å²) < 4.78 is 0. The summed E-state index contributed by atoms with van der Waals surface area (Å²) in [4.78, 5) is 7.25. The average molecular weight is 298 g/mol. The molecule has 0 aromatic rings. The summed E-state index contributed by atoms with van der Waals surface area (Å²) in [5, 5.41) is 31.2. The first kappa shape index (κ1) is 131. The third-order valence-electron chi connectivity index (χ3n) is 0. The van der Waals surface area contributed by atoms with Gasteiger partial charge in [0.2, 0.25) is 0 Å². The number of nitrogens with zero attached hydrogens (tertiary/aromatic N) is 6. The minimum atomic E-state index is 0. The summed E-state index contributed by atoms with van der Waals surface area (Å²) in [5.74, 6) is 0. The second kappa shape index (κ2) is 12500. The Bertz CT molecular complexity index is 105. The van der Waals surface area contributed by atoms with Crippen LogP contribution < -0.4 is 59.1 Å². The van der Waals surface area contributed by atoms with Gasteiger partial charge in [0.05, 0.1) is 0 Å². The first-order valence-corrected chi connectivity index (χ1v) is 1.30. The van der Waals surface area contributed by atoms with Crippen LogP contribution in [0, 0.1) is 64.1 Å². The van der Waals surface area contributed by atoms with Crippen molar-refractivity contribution in [1.82, 2.24) is 0 Å². The zero-order chi connectivity index (χ0) is 12.0. The number of hydrogen-bond acceptors (Lipinski definition) is 6. The van der Waals surface area contributed by atoms with E-state index >= 15 is 0 Å². The van der Waals surface area contributed by atoms with Crippen LogP contribution in [0.15, 0.2) is 0 Å². The maximum Gasteiger partial charge on any atom is 1.00 e. The van der Waals surface area contributed by atoms with Crippen LogP contribution in [0.25, 0.3) is 5.59 Å². The summed E-state index contributed by atoms with van der Waals surface area (Å²) in [6, 6.07) is 0. The molecule has 0 saturated carbocycles. The Kier molecular flexibility index (Phi) is 96400. The molecule has 81 valence electrons. The Hall–Kier alpha value is -0.511. The van der Waals surface area contributed by atoms with Crippen molar-refractivity contribution in [2.24, 2.45) is 0 Å². The molecular formula is C5H4FeN6Na2O3+. The Morgan fingerprint density at radius 1 is 0.529 bits per heavy atom. The Balaban J connectivity index is -0.00000000267. The van der Waals surface area contributed by atoms with Gasteiger partial charge in [-0.25, -0.2) is 0 Å². The predicted molar refractivity (Wildman–Crippen MR) is 38.8 cm³/mol. The van der Waals surface area contributed by atoms with Crippen molar-refractivity contribution in [3.05, 3.63) is 43.4 Å². The van der Waals surface area contributed by atoms with E-state index in [1.807, 2.05) is 0 Å². The van der Waals surface area contributed by atoms with Crippen LogP contribution in [0.2, 0.25) is 0 Å². The zero-order valence-electron chi connectivity index (χ0n) is 8.95. The molecule has 0 aliphatic rings. The van der Waals surface area contributed by atoms with Crippen LogP contribution in [0.3, 0.4) is 0 Å². The Labute approximate surface area is 155 Å². The van der Waals surface area contributed by atoms with Gasteiger partial charge >= 0.3 is 59.1 Å². The second-order valence-electron chi connectivity index (χ2n) is 0. The molecule has 0 aromatic heterocycles. The van der Waals surface area contributed by atoms with E-state index in [4.69, 9.17) is 69.7 Å². The molecule has 0 aliphatic heterocycles. The minimum absolute atomic E-state index is 0. The maximum atomic E-state index is 7.25. The maximum absolute atomic E-state index is 7.25. The van der Waals surface area contributed by atoms with Crippen LogP contribution in [-0.4, -0.2) is 11.0 Å². The van der Waals surface area contributed by atoms with Crippen molar-refractivity contribution >= 4 is 0 Å². The number of nitroso groups, excluding NO2 is 1. The molecule has 12 heteroatoms. The molecule has 0 heterocycles. The molecule has 0 atom stereocenters. The summed E-state index contributed by atoms with van der Waals surface area (Å²) in [6.07, 6.45) is 0. The normalized spacial score (nSPS) is 0.824. The van der Waals surface area contributed by atoms with Crippen LogP contribution in [0.4, 0.5) is 0 Å². The van der Waals surface area contributed by atoms with Gasteiger partial charge in [-0.1, -0.05) is 0 Å². The topological polar surface area (TPSA) is 221 Å². The monoisotopic (exact) mass is 298 g/mol. The first-order valence-electron chi connectivity index (χ1n) is 1.30. The van der Waals surface area contributed by atoms with E-state index < -0.39 is 0 Å². The Morgan fingerprint density at radius 2 is 0.529 bits per heavy atom.